The van der Waals surface area contributed by atoms with E-state index in [9.17, 15) is 4.79 Å². The average molecular weight is 388 g/mol. The summed E-state index contributed by atoms with van der Waals surface area (Å²) >= 11 is 7.17. The van der Waals surface area contributed by atoms with E-state index in [1.807, 2.05) is 32.9 Å². The van der Waals surface area contributed by atoms with Gasteiger partial charge in [0.2, 0.25) is 11.1 Å². The van der Waals surface area contributed by atoms with Gasteiger partial charge in [-0.15, -0.1) is 5.10 Å². The van der Waals surface area contributed by atoms with Gasteiger partial charge in [-0.05, 0) is 67.1 Å². The summed E-state index contributed by atoms with van der Waals surface area (Å²) in [6.45, 7) is 5.86. The molecule has 0 saturated carbocycles. The van der Waals surface area contributed by atoms with Gasteiger partial charge in [-0.3, -0.25) is 4.79 Å². The average Bonchev–Trinajstić information content (AvgIpc) is 3.04. The van der Waals surface area contributed by atoms with E-state index in [0.717, 1.165) is 11.3 Å². The Morgan fingerprint density at radius 1 is 1.19 bits per heavy atom. The summed E-state index contributed by atoms with van der Waals surface area (Å²) < 4.78 is 1.66. The molecular weight excluding hydrogens is 370 g/mol. The summed E-state index contributed by atoms with van der Waals surface area (Å²) in [5.41, 5.74) is 3.83. The number of carbonyl (C=O) groups excluding carboxylic acids is 1. The minimum absolute atomic E-state index is 0.132. The van der Waals surface area contributed by atoms with Crippen LogP contribution in [0, 0.1) is 13.8 Å². The third-order valence-corrected chi connectivity index (χ3v) is 5.07. The lowest BCUT2D eigenvalue weighted by Gasteiger charge is -2.13. The number of nitrogens with one attached hydrogen (secondary N) is 1. The lowest BCUT2D eigenvalue weighted by atomic mass is 10.1. The van der Waals surface area contributed by atoms with Crippen LogP contribution in [-0.4, -0.2) is 31.4 Å². The summed E-state index contributed by atoms with van der Waals surface area (Å²) in [5.74, 6) is -0.132. The molecule has 8 heteroatoms. The van der Waals surface area contributed by atoms with Crippen molar-refractivity contribution in [3.05, 3.63) is 58.6 Å². The van der Waals surface area contributed by atoms with E-state index in [0.29, 0.717) is 15.9 Å². The third kappa shape index (κ3) is 4.23. The minimum atomic E-state index is -0.374. The number of aromatic nitrogens is 4. The van der Waals surface area contributed by atoms with Crippen LogP contribution >= 0.6 is 23.4 Å². The van der Waals surface area contributed by atoms with E-state index in [-0.39, 0.29) is 11.2 Å². The molecule has 0 aliphatic rings. The Morgan fingerprint density at radius 2 is 1.92 bits per heavy atom. The number of thioether (sulfide) groups is 1. The van der Waals surface area contributed by atoms with Gasteiger partial charge in [0.25, 0.3) is 0 Å². The van der Waals surface area contributed by atoms with Crippen LogP contribution in [0.2, 0.25) is 5.02 Å². The Kier molecular flexibility index (Phi) is 5.58. The van der Waals surface area contributed by atoms with Crippen LogP contribution in [0.25, 0.3) is 5.69 Å². The molecule has 0 aliphatic heterocycles. The standard InChI is InChI=1S/C18H18ClN5OS/c1-11-4-9-16(12(2)10-11)24-18(21-22-23-24)26-13(3)17(25)20-15-7-5-14(19)6-8-15/h4-10,13H,1-3H3,(H,20,25). The predicted molar refractivity (Wildman–Crippen MR) is 104 cm³/mol. The summed E-state index contributed by atoms with van der Waals surface area (Å²) in [6, 6.07) is 13.0. The highest BCUT2D eigenvalue weighted by Crippen LogP contribution is 2.25. The zero-order chi connectivity index (χ0) is 18.7. The van der Waals surface area contributed by atoms with Crippen LogP contribution in [0.3, 0.4) is 0 Å². The lowest BCUT2D eigenvalue weighted by molar-refractivity contribution is -0.115. The Morgan fingerprint density at radius 3 is 2.62 bits per heavy atom. The molecule has 0 fully saturated rings. The van der Waals surface area contributed by atoms with Gasteiger partial charge in [0.1, 0.15) is 0 Å². The van der Waals surface area contributed by atoms with Gasteiger partial charge >= 0.3 is 0 Å². The fourth-order valence-corrected chi connectivity index (χ4v) is 3.36. The highest BCUT2D eigenvalue weighted by atomic mass is 35.5. The van der Waals surface area contributed by atoms with E-state index < -0.39 is 0 Å². The molecule has 3 aromatic rings. The number of anilines is 1. The maximum atomic E-state index is 12.4. The molecule has 134 valence electrons. The number of rotatable bonds is 5. The molecular formula is C18H18ClN5OS. The summed E-state index contributed by atoms with van der Waals surface area (Å²) in [4.78, 5) is 12.4. The SMILES string of the molecule is Cc1ccc(-n2nnnc2SC(C)C(=O)Nc2ccc(Cl)cc2)c(C)c1. The number of halogens is 1. The van der Waals surface area contributed by atoms with Crippen molar-refractivity contribution >= 4 is 35.0 Å². The molecule has 1 heterocycles. The van der Waals surface area contributed by atoms with Crippen LogP contribution in [0.15, 0.2) is 47.6 Å². The van der Waals surface area contributed by atoms with Gasteiger partial charge in [0.15, 0.2) is 0 Å². The first kappa shape index (κ1) is 18.4. The normalized spacial score (nSPS) is 12.0. The molecule has 0 saturated heterocycles. The van der Waals surface area contributed by atoms with Gasteiger partial charge in [0.05, 0.1) is 10.9 Å². The molecule has 26 heavy (non-hydrogen) atoms. The van der Waals surface area contributed by atoms with Gasteiger partial charge in [-0.1, -0.05) is 41.1 Å². The molecule has 0 aliphatic carbocycles. The largest absolute Gasteiger partial charge is 0.325 e. The Bertz CT molecular complexity index is 926. The Hall–Kier alpha value is -2.38. The van der Waals surface area contributed by atoms with Gasteiger partial charge < -0.3 is 5.32 Å². The van der Waals surface area contributed by atoms with Gasteiger partial charge in [0, 0.05) is 10.7 Å². The number of nitrogens with zero attached hydrogens (tertiary/aromatic N) is 4. The minimum Gasteiger partial charge on any atom is -0.325 e. The van der Waals surface area contributed by atoms with Gasteiger partial charge in [-0.2, -0.15) is 4.68 Å². The molecule has 1 unspecified atom stereocenters. The van der Waals surface area contributed by atoms with E-state index in [1.165, 1.54) is 17.3 Å². The zero-order valence-electron chi connectivity index (χ0n) is 14.6. The third-order valence-electron chi connectivity index (χ3n) is 3.78. The fraction of sp³-hybridized carbons (Fsp3) is 0.222. The molecule has 1 amide bonds. The molecule has 1 atom stereocenters. The maximum Gasteiger partial charge on any atom is 0.237 e. The van der Waals surface area contributed by atoms with Crippen LogP contribution < -0.4 is 5.32 Å². The number of hydrogen-bond acceptors (Lipinski definition) is 5. The number of hydrogen-bond donors (Lipinski definition) is 1. The van der Waals surface area contributed by atoms with Crippen LogP contribution in [0.4, 0.5) is 5.69 Å². The van der Waals surface area contributed by atoms with E-state index in [1.54, 1.807) is 28.9 Å². The van der Waals surface area contributed by atoms with E-state index in [2.05, 4.69) is 26.9 Å². The number of benzene rings is 2. The molecule has 0 spiro atoms. The summed E-state index contributed by atoms with van der Waals surface area (Å²) in [5, 5.41) is 15.6. The molecule has 3 rings (SSSR count). The van der Waals surface area contributed by atoms with Crippen molar-refractivity contribution in [2.45, 2.75) is 31.2 Å². The molecule has 0 radical (unpaired) electrons. The van der Waals surface area contributed by atoms with E-state index >= 15 is 0 Å². The molecule has 2 aromatic carbocycles. The van der Waals surface area contributed by atoms with Crippen LogP contribution in [0.5, 0.6) is 0 Å². The second kappa shape index (κ2) is 7.88. The monoisotopic (exact) mass is 387 g/mol. The Balaban J connectivity index is 1.74. The molecule has 6 nitrogen and oxygen atoms in total. The smallest absolute Gasteiger partial charge is 0.237 e. The second-order valence-electron chi connectivity index (χ2n) is 5.92. The van der Waals surface area contributed by atoms with Crippen molar-refractivity contribution in [1.82, 2.24) is 20.2 Å². The fourth-order valence-electron chi connectivity index (χ4n) is 2.44. The van der Waals surface area contributed by atoms with Crippen LogP contribution in [-0.2, 0) is 4.79 Å². The number of tetrazole rings is 1. The number of amides is 1. The van der Waals surface area contributed by atoms with Crippen molar-refractivity contribution in [2.24, 2.45) is 0 Å². The van der Waals surface area contributed by atoms with Crippen molar-refractivity contribution in [1.29, 1.82) is 0 Å². The highest BCUT2D eigenvalue weighted by molar-refractivity contribution is 8.00. The van der Waals surface area contributed by atoms with Crippen molar-refractivity contribution in [3.63, 3.8) is 0 Å². The van der Waals surface area contributed by atoms with Crippen molar-refractivity contribution in [2.75, 3.05) is 5.32 Å². The number of aryl methyl sites for hydroxylation is 2. The zero-order valence-corrected chi connectivity index (χ0v) is 16.2. The first-order chi connectivity index (χ1) is 12.4. The number of carbonyl (C=O) groups is 1. The lowest BCUT2D eigenvalue weighted by Crippen LogP contribution is -2.22. The topological polar surface area (TPSA) is 72.7 Å². The first-order valence-corrected chi connectivity index (χ1v) is 9.29. The van der Waals surface area contributed by atoms with Crippen molar-refractivity contribution < 1.29 is 4.79 Å². The maximum absolute atomic E-state index is 12.4. The summed E-state index contributed by atoms with van der Waals surface area (Å²) in [6.07, 6.45) is 0. The predicted octanol–water partition coefficient (Wildman–Crippen LogP) is 4.05. The summed E-state index contributed by atoms with van der Waals surface area (Å²) in [7, 11) is 0. The highest BCUT2D eigenvalue weighted by Gasteiger charge is 2.20. The first-order valence-electron chi connectivity index (χ1n) is 8.03. The molecule has 1 N–H and O–H groups in total. The van der Waals surface area contributed by atoms with Gasteiger partial charge in [-0.25, -0.2) is 0 Å². The van der Waals surface area contributed by atoms with E-state index in [4.69, 9.17) is 11.6 Å². The molecule has 0 bridgehead atoms. The molecule has 1 aromatic heterocycles. The quantitative estimate of drug-likeness (QED) is 0.668. The van der Waals surface area contributed by atoms with Crippen LogP contribution in [0.1, 0.15) is 18.1 Å². The van der Waals surface area contributed by atoms with Crippen molar-refractivity contribution in [3.8, 4) is 5.69 Å². The second-order valence-corrected chi connectivity index (χ2v) is 7.66. The Labute approximate surface area is 160 Å².